The van der Waals surface area contributed by atoms with Gasteiger partial charge in [-0.2, -0.15) is 0 Å². The zero-order valence-electron chi connectivity index (χ0n) is 17.8. The van der Waals surface area contributed by atoms with E-state index < -0.39 is 0 Å². The van der Waals surface area contributed by atoms with E-state index >= 15 is 0 Å². The summed E-state index contributed by atoms with van der Waals surface area (Å²) in [6.45, 7) is -0.250. The Kier molecular flexibility index (Phi) is 6.35. The molecule has 0 saturated heterocycles. The van der Waals surface area contributed by atoms with Gasteiger partial charge in [-0.05, 0) is 60.0 Å². The molecule has 4 rings (SSSR count). The average Bonchev–Trinajstić information content (AvgIpc) is 3.66. The summed E-state index contributed by atoms with van der Waals surface area (Å²) in [5.74, 6) is -0.193. The zero-order chi connectivity index (χ0) is 22.5. The molecule has 1 fully saturated rings. The van der Waals surface area contributed by atoms with Crippen LogP contribution in [0.25, 0.3) is 10.8 Å². The van der Waals surface area contributed by atoms with Crippen molar-refractivity contribution in [2.24, 2.45) is 0 Å². The van der Waals surface area contributed by atoms with E-state index in [4.69, 9.17) is 4.74 Å². The number of nitrogens with zero attached hydrogens (tertiary/aromatic N) is 1. The molecule has 7 heteroatoms. The van der Waals surface area contributed by atoms with Gasteiger partial charge in [-0.15, -0.1) is 0 Å². The first kappa shape index (κ1) is 21.4. The van der Waals surface area contributed by atoms with Gasteiger partial charge in [-0.1, -0.05) is 30.3 Å². The molecule has 0 aliphatic heterocycles. The first-order valence-corrected chi connectivity index (χ1v) is 10.5. The number of nitrogens with one attached hydrogen (secondary N) is 2. The topological polar surface area (TPSA) is 87.7 Å². The van der Waals surface area contributed by atoms with Crippen LogP contribution in [0.2, 0.25) is 0 Å². The molecule has 0 unspecified atom stereocenters. The summed E-state index contributed by atoms with van der Waals surface area (Å²) in [6, 6.07) is 20.4. The Morgan fingerprint density at radius 3 is 2.34 bits per heavy atom. The van der Waals surface area contributed by atoms with Gasteiger partial charge in [-0.25, -0.2) is 0 Å². The summed E-state index contributed by atoms with van der Waals surface area (Å²) in [5.41, 5.74) is 1.16. The first-order chi connectivity index (χ1) is 15.5. The number of amides is 3. The molecular formula is C25H25N3O4. The Hall–Kier alpha value is -3.87. The number of ether oxygens (including phenoxy) is 1. The van der Waals surface area contributed by atoms with Crippen LogP contribution in [0.1, 0.15) is 23.2 Å². The van der Waals surface area contributed by atoms with Crippen LogP contribution in [0.5, 0.6) is 5.75 Å². The lowest BCUT2D eigenvalue weighted by atomic mass is 10.1. The van der Waals surface area contributed by atoms with Crippen molar-refractivity contribution in [1.29, 1.82) is 0 Å². The first-order valence-electron chi connectivity index (χ1n) is 10.5. The molecule has 3 aromatic rings. The van der Waals surface area contributed by atoms with Crippen LogP contribution in [0.15, 0.2) is 66.7 Å². The molecule has 164 valence electrons. The van der Waals surface area contributed by atoms with Crippen LogP contribution in [-0.2, 0) is 9.59 Å². The summed E-state index contributed by atoms with van der Waals surface area (Å²) in [4.78, 5) is 39.3. The predicted molar refractivity (Wildman–Crippen MR) is 123 cm³/mol. The standard InChI is InChI=1S/C25H25N3O4/c1-32-22-12-8-20(9-13-22)27-23(29)15-26-24(30)16-28(21-10-11-21)25(31)19-7-6-17-4-2-3-5-18(17)14-19/h2-9,12-14,21H,10-11,15-16H2,1H3,(H,26,30)(H,27,29). The van der Waals surface area contributed by atoms with Crippen molar-refractivity contribution >= 4 is 34.2 Å². The van der Waals surface area contributed by atoms with E-state index in [9.17, 15) is 14.4 Å². The normalized spacial score (nSPS) is 12.8. The van der Waals surface area contributed by atoms with E-state index in [0.717, 1.165) is 23.6 Å². The van der Waals surface area contributed by atoms with Crippen molar-refractivity contribution in [1.82, 2.24) is 10.2 Å². The van der Waals surface area contributed by atoms with E-state index in [1.54, 1.807) is 42.3 Å². The van der Waals surface area contributed by atoms with Gasteiger partial charge in [0, 0.05) is 17.3 Å². The van der Waals surface area contributed by atoms with Crippen molar-refractivity contribution in [3.8, 4) is 5.75 Å². The van der Waals surface area contributed by atoms with E-state index in [1.807, 2.05) is 36.4 Å². The minimum absolute atomic E-state index is 0.0628. The van der Waals surface area contributed by atoms with Crippen LogP contribution in [-0.4, -0.2) is 48.9 Å². The molecule has 1 aliphatic rings. The van der Waals surface area contributed by atoms with Crippen molar-refractivity contribution in [3.05, 3.63) is 72.3 Å². The third kappa shape index (κ3) is 5.24. The number of hydrogen-bond acceptors (Lipinski definition) is 4. The lowest BCUT2D eigenvalue weighted by Crippen LogP contribution is -2.43. The van der Waals surface area contributed by atoms with Crippen LogP contribution in [0, 0.1) is 0 Å². The molecule has 2 N–H and O–H groups in total. The predicted octanol–water partition coefficient (Wildman–Crippen LogP) is 3.21. The van der Waals surface area contributed by atoms with E-state index in [-0.39, 0.29) is 36.9 Å². The third-order valence-corrected chi connectivity index (χ3v) is 5.38. The monoisotopic (exact) mass is 431 g/mol. The van der Waals surface area contributed by atoms with Crippen LogP contribution < -0.4 is 15.4 Å². The number of carbonyl (C=O) groups excluding carboxylic acids is 3. The molecule has 7 nitrogen and oxygen atoms in total. The van der Waals surface area contributed by atoms with Crippen LogP contribution in [0.4, 0.5) is 5.69 Å². The maximum Gasteiger partial charge on any atom is 0.254 e. The third-order valence-electron chi connectivity index (χ3n) is 5.38. The molecule has 0 atom stereocenters. The molecule has 0 heterocycles. The van der Waals surface area contributed by atoms with Gasteiger partial charge in [0.2, 0.25) is 11.8 Å². The Balaban J connectivity index is 1.33. The Labute approximate surface area is 186 Å². The number of carbonyl (C=O) groups is 3. The van der Waals surface area contributed by atoms with Crippen LogP contribution in [0.3, 0.4) is 0 Å². The van der Waals surface area contributed by atoms with Gasteiger partial charge < -0.3 is 20.3 Å². The van der Waals surface area contributed by atoms with Gasteiger partial charge >= 0.3 is 0 Å². The highest BCUT2D eigenvalue weighted by atomic mass is 16.5. The highest BCUT2D eigenvalue weighted by molar-refractivity contribution is 6.01. The number of methoxy groups -OCH3 is 1. The van der Waals surface area contributed by atoms with E-state index in [0.29, 0.717) is 17.0 Å². The highest BCUT2D eigenvalue weighted by Crippen LogP contribution is 2.28. The summed E-state index contributed by atoms with van der Waals surface area (Å²) >= 11 is 0. The fraction of sp³-hybridized carbons (Fsp3) is 0.240. The molecule has 0 bridgehead atoms. The molecule has 3 amide bonds. The van der Waals surface area contributed by atoms with Gasteiger partial charge in [0.25, 0.3) is 5.91 Å². The number of rotatable bonds is 8. The molecule has 32 heavy (non-hydrogen) atoms. The van der Waals surface area contributed by atoms with Crippen LogP contribution >= 0.6 is 0 Å². The molecule has 1 saturated carbocycles. The average molecular weight is 431 g/mol. The second-order valence-electron chi connectivity index (χ2n) is 7.78. The van der Waals surface area contributed by atoms with E-state index in [2.05, 4.69) is 10.6 Å². The Morgan fingerprint density at radius 2 is 1.66 bits per heavy atom. The molecule has 3 aromatic carbocycles. The second kappa shape index (κ2) is 9.51. The minimum atomic E-state index is -0.365. The fourth-order valence-corrected chi connectivity index (χ4v) is 3.51. The Morgan fingerprint density at radius 1 is 0.938 bits per heavy atom. The summed E-state index contributed by atoms with van der Waals surface area (Å²) in [5, 5.41) is 7.36. The van der Waals surface area contributed by atoms with Crippen molar-refractivity contribution in [2.45, 2.75) is 18.9 Å². The SMILES string of the molecule is COc1ccc(NC(=O)CNC(=O)CN(C(=O)c2ccc3ccccc3c2)C2CC2)cc1. The second-order valence-corrected chi connectivity index (χ2v) is 7.78. The highest BCUT2D eigenvalue weighted by Gasteiger charge is 2.34. The largest absolute Gasteiger partial charge is 0.497 e. The zero-order valence-corrected chi connectivity index (χ0v) is 17.8. The van der Waals surface area contributed by atoms with Gasteiger partial charge in [0.1, 0.15) is 12.3 Å². The molecule has 1 aliphatic carbocycles. The van der Waals surface area contributed by atoms with Gasteiger partial charge in [-0.3, -0.25) is 14.4 Å². The van der Waals surface area contributed by atoms with Gasteiger partial charge in [0.15, 0.2) is 0 Å². The van der Waals surface area contributed by atoms with Gasteiger partial charge in [0.05, 0.1) is 13.7 Å². The summed E-state index contributed by atoms with van der Waals surface area (Å²) in [7, 11) is 1.57. The quantitative estimate of drug-likeness (QED) is 0.573. The van der Waals surface area contributed by atoms with E-state index in [1.165, 1.54) is 0 Å². The number of benzene rings is 3. The lowest BCUT2D eigenvalue weighted by molar-refractivity contribution is -0.124. The number of hydrogen-bond donors (Lipinski definition) is 2. The summed E-state index contributed by atoms with van der Waals surface area (Å²) in [6.07, 6.45) is 1.76. The fourth-order valence-electron chi connectivity index (χ4n) is 3.51. The summed E-state index contributed by atoms with van der Waals surface area (Å²) < 4.78 is 5.08. The minimum Gasteiger partial charge on any atom is -0.497 e. The lowest BCUT2D eigenvalue weighted by Gasteiger charge is -2.22. The Bertz CT molecular complexity index is 1140. The molecule has 0 spiro atoms. The maximum atomic E-state index is 13.1. The molecule has 0 aromatic heterocycles. The van der Waals surface area contributed by atoms with Crippen molar-refractivity contribution in [2.75, 3.05) is 25.5 Å². The number of anilines is 1. The molecular weight excluding hydrogens is 406 g/mol. The number of fused-ring (bicyclic) bond motifs is 1. The van der Waals surface area contributed by atoms with Crippen molar-refractivity contribution < 1.29 is 19.1 Å². The molecule has 0 radical (unpaired) electrons. The smallest absolute Gasteiger partial charge is 0.254 e. The van der Waals surface area contributed by atoms with Crippen molar-refractivity contribution in [3.63, 3.8) is 0 Å². The maximum absolute atomic E-state index is 13.1.